The molecule has 0 heterocycles. The number of nitrogens with two attached hydrogens (primary N) is 1. The highest BCUT2D eigenvalue weighted by Gasteiger charge is 2.38. The van der Waals surface area contributed by atoms with E-state index in [9.17, 15) is 31.2 Å². The normalized spacial score (nSPS) is 11.8. The number of halogens is 3. The van der Waals surface area contributed by atoms with Gasteiger partial charge < -0.3 is 10.6 Å². The minimum atomic E-state index is -4.98. The van der Waals surface area contributed by atoms with Gasteiger partial charge in [-0.05, 0) is 17.7 Å². The topological polar surface area (TPSA) is 118 Å². The molecular formula is C12H14F3N3O4S. The van der Waals surface area contributed by atoms with Crippen LogP contribution < -0.4 is 15.8 Å². The summed E-state index contributed by atoms with van der Waals surface area (Å²) in [5.74, 6) is -2.67. The van der Waals surface area contributed by atoms with E-state index in [0.717, 1.165) is 0 Å². The Hall–Kier alpha value is -2.14. The maximum atomic E-state index is 11.9. The summed E-state index contributed by atoms with van der Waals surface area (Å²) >= 11 is 0. The van der Waals surface area contributed by atoms with Gasteiger partial charge in [-0.15, -0.1) is 0 Å². The van der Waals surface area contributed by atoms with Crippen molar-refractivity contribution in [3.63, 3.8) is 0 Å². The van der Waals surface area contributed by atoms with Crippen molar-refractivity contribution in [1.29, 1.82) is 0 Å². The van der Waals surface area contributed by atoms with Crippen LogP contribution in [0.3, 0.4) is 0 Å². The molecule has 4 N–H and O–H groups in total. The SMILES string of the molecule is NS(=O)(=O)c1ccc(CNC(=O)CCNC(=O)C(F)(F)F)cc1. The number of alkyl halides is 3. The number of carbonyl (C=O) groups is 2. The zero-order valence-corrected chi connectivity index (χ0v) is 12.5. The molecule has 0 unspecified atom stereocenters. The molecule has 0 bridgehead atoms. The van der Waals surface area contributed by atoms with Crippen molar-refractivity contribution in [2.45, 2.75) is 24.0 Å². The number of amides is 2. The maximum Gasteiger partial charge on any atom is 0.471 e. The first-order chi connectivity index (χ1) is 10.5. The Morgan fingerprint density at radius 1 is 1.09 bits per heavy atom. The molecule has 0 aliphatic heterocycles. The summed E-state index contributed by atoms with van der Waals surface area (Å²) in [4.78, 5) is 21.8. The molecule has 11 heteroatoms. The first-order valence-corrected chi connectivity index (χ1v) is 7.78. The molecule has 0 aliphatic carbocycles. The Labute approximate surface area is 130 Å². The van der Waals surface area contributed by atoms with E-state index >= 15 is 0 Å². The fraction of sp³-hybridized carbons (Fsp3) is 0.333. The van der Waals surface area contributed by atoms with Crippen molar-refractivity contribution in [2.75, 3.05) is 6.54 Å². The molecule has 23 heavy (non-hydrogen) atoms. The average molecular weight is 353 g/mol. The highest BCUT2D eigenvalue weighted by atomic mass is 32.2. The molecule has 1 aromatic carbocycles. The predicted octanol–water partition coefficient (Wildman–Crippen LogP) is 0.0188. The molecule has 0 radical (unpaired) electrons. The van der Waals surface area contributed by atoms with Crippen molar-refractivity contribution >= 4 is 21.8 Å². The minimum absolute atomic E-state index is 0.0525. The van der Waals surface area contributed by atoms with E-state index in [-0.39, 0.29) is 17.9 Å². The molecule has 0 aliphatic rings. The summed E-state index contributed by atoms with van der Waals surface area (Å²) < 4.78 is 57.8. The lowest BCUT2D eigenvalue weighted by Gasteiger charge is -2.08. The average Bonchev–Trinajstić information content (AvgIpc) is 2.43. The van der Waals surface area contributed by atoms with Gasteiger partial charge in [-0.3, -0.25) is 9.59 Å². The van der Waals surface area contributed by atoms with Crippen LogP contribution >= 0.6 is 0 Å². The Morgan fingerprint density at radius 2 is 1.65 bits per heavy atom. The molecule has 0 aromatic heterocycles. The van der Waals surface area contributed by atoms with E-state index in [2.05, 4.69) is 5.32 Å². The molecular weight excluding hydrogens is 339 g/mol. The second-order valence-corrected chi connectivity index (χ2v) is 6.03. The van der Waals surface area contributed by atoms with Crippen LogP contribution in [0, 0.1) is 0 Å². The summed E-state index contributed by atoms with van der Waals surface area (Å²) in [6, 6.07) is 5.40. The van der Waals surface area contributed by atoms with Crippen LogP contribution in [0.25, 0.3) is 0 Å². The minimum Gasteiger partial charge on any atom is -0.352 e. The lowest BCUT2D eigenvalue weighted by atomic mass is 10.2. The van der Waals surface area contributed by atoms with Gasteiger partial charge in [0.15, 0.2) is 0 Å². The van der Waals surface area contributed by atoms with Gasteiger partial charge >= 0.3 is 12.1 Å². The van der Waals surface area contributed by atoms with E-state index in [1.54, 1.807) is 5.32 Å². The van der Waals surface area contributed by atoms with E-state index in [4.69, 9.17) is 5.14 Å². The Kier molecular flexibility index (Phi) is 6.10. The number of rotatable bonds is 6. The van der Waals surface area contributed by atoms with Crippen LogP contribution in [0.15, 0.2) is 29.2 Å². The fourth-order valence-corrected chi connectivity index (χ4v) is 1.99. The van der Waals surface area contributed by atoms with Gasteiger partial charge in [0.2, 0.25) is 15.9 Å². The second kappa shape index (κ2) is 7.42. The molecule has 1 aromatic rings. The van der Waals surface area contributed by atoms with Crippen molar-refractivity contribution in [3.05, 3.63) is 29.8 Å². The predicted molar refractivity (Wildman–Crippen MR) is 73.3 cm³/mol. The van der Waals surface area contributed by atoms with Crippen molar-refractivity contribution in [2.24, 2.45) is 5.14 Å². The number of carbonyl (C=O) groups excluding carboxylic acids is 2. The molecule has 0 atom stereocenters. The fourth-order valence-electron chi connectivity index (χ4n) is 1.48. The molecule has 2 amide bonds. The highest BCUT2D eigenvalue weighted by Crippen LogP contribution is 2.13. The van der Waals surface area contributed by atoms with Gasteiger partial charge in [-0.2, -0.15) is 13.2 Å². The molecule has 1 rings (SSSR count). The van der Waals surface area contributed by atoms with Gasteiger partial charge in [-0.1, -0.05) is 12.1 Å². The molecule has 7 nitrogen and oxygen atoms in total. The third kappa shape index (κ3) is 6.65. The maximum absolute atomic E-state index is 11.9. The zero-order valence-electron chi connectivity index (χ0n) is 11.7. The van der Waals surface area contributed by atoms with Crippen LogP contribution in [-0.4, -0.2) is 33.0 Å². The lowest BCUT2D eigenvalue weighted by molar-refractivity contribution is -0.173. The van der Waals surface area contributed by atoms with Crippen molar-refractivity contribution in [3.8, 4) is 0 Å². The second-order valence-electron chi connectivity index (χ2n) is 4.47. The third-order valence-electron chi connectivity index (χ3n) is 2.64. The van der Waals surface area contributed by atoms with E-state index in [1.807, 2.05) is 0 Å². The highest BCUT2D eigenvalue weighted by molar-refractivity contribution is 7.89. The summed E-state index contributed by atoms with van der Waals surface area (Å²) in [5, 5.41) is 8.91. The van der Waals surface area contributed by atoms with Gasteiger partial charge in [0.25, 0.3) is 0 Å². The van der Waals surface area contributed by atoms with Gasteiger partial charge in [0, 0.05) is 19.5 Å². The monoisotopic (exact) mass is 353 g/mol. The number of primary sulfonamides is 1. The summed E-state index contributed by atoms with van der Waals surface area (Å²) in [5.41, 5.74) is 0.574. The largest absolute Gasteiger partial charge is 0.471 e. The standard InChI is InChI=1S/C12H14F3N3O4S/c13-12(14,15)11(20)17-6-5-10(19)18-7-8-1-3-9(4-2-8)23(16,21)22/h1-4H,5-7H2,(H,17,20)(H,18,19)(H2,16,21,22). The summed E-state index contributed by atoms with van der Waals surface area (Å²) in [6.45, 7) is -0.397. The third-order valence-corrected chi connectivity index (χ3v) is 3.57. The van der Waals surface area contributed by atoms with Crippen LogP contribution in [-0.2, 0) is 26.2 Å². The number of sulfonamides is 1. The molecule has 0 saturated heterocycles. The van der Waals surface area contributed by atoms with Gasteiger partial charge in [0.1, 0.15) is 0 Å². The Balaban J connectivity index is 2.38. The number of hydrogen-bond acceptors (Lipinski definition) is 4. The lowest BCUT2D eigenvalue weighted by Crippen LogP contribution is -2.38. The van der Waals surface area contributed by atoms with Crippen LogP contribution in [0.2, 0.25) is 0 Å². The first-order valence-electron chi connectivity index (χ1n) is 6.23. The molecule has 0 fully saturated rings. The quantitative estimate of drug-likeness (QED) is 0.668. The number of benzene rings is 1. The molecule has 128 valence electrons. The van der Waals surface area contributed by atoms with Crippen LogP contribution in [0.1, 0.15) is 12.0 Å². The van der Waals surface area contributed by atoms with Gasteiger partial charge in [-0.25, -0.2) is 13.6 Å². The van der Waals surface area contributed by atoms with E-state index < -0.39 is 34.6 Å². The summed E-state index contributed by atoms with van der Waals surface area (Å²) in [7, 11) is -3.80. The van der Waals surface area contributed by atoms with Crippen molar-refractivity contribution < 1.29 is 31.2 Å². The van der Waals surface area contributed by atoms with Crippen LogP contribution in [0.4, 0.5) is 13.2 Å². The van der Waals surface area contributed by atoms with Crippen LogP contribution in [0.5, 0.6) is 0 Å². The smallest absolute Gasteiger partial charge is 0.352 e. The molecule has 0 spiro atoms. The van der Waals surface area contributed by atoms with E-state index in [1.165, 1.54) is 24.3 Å². The Morgan fingerprint density at radius 3 is 2.13 bits per heavy atom. The molecule has 0 saturated carbocycles. The summed E-state index contributed by atoms with van der Waals surface area (Å²) in [6.07, 6.45) is -5.31. The van der Waals surface area contributed by atoms with Gasteiger partial charge in [0.05, 0.1) is 4.90 Å². The van der Waals surface area contributed by atoms with Crippen molar-refractivity contribution in [1.82, 2.24) is 10.6 Å². The first kappa shape index (κ1) is 18.9. The zero-order chi connectivity index (χ0) is 17.7. The number of nitrogens with one attached hydrogen (secondary N) is 2. The Bertz CT molecular complexity index is 672. The van der Waals surface area contributed by atoms with E-state index in [0.29, 0.717) is 5.56 Å². The number of hydrogen-bond donors (Lipinski definition) is 3.